The number of nitrogens with zero attached hydrogens (tertiary/aromatic N) is 1. The summed E-state index contributed by atoms with van der Waals surface area (Å²) in [7, 11) is 0. The molecule has 32 heavy (non-hydrogen) atoms. The van der Waals surface area contributed by atoms with Gasteiger partial charge in [0.25, 0.3) is 11.8 Å². The number of aryl methyl sites for hydroxylation is 2. The van der Waals surface area contributed by atoms with Gasteiger partial charge in [0.15, 0.2) is 5.78 Å². The van der Waals surface area contributed by atoms with E-state index < -0.39 is 23.7 Å². The van der Waals surface area contributed by atoms with Crippen molar-refractivity contribution >= 4 is 34.5 Å². The number of carbonyl (C=O) groups is 4. The second kappa shape index (κ2) is 7.75. The van der Waals surface area contributed by atoms with Crippen LogP contribution >= 0.6 is 0 Å². The molecule has 1 aliphatic heterocycles. The fraction of sp³-hybridized carbons (Fsp3) is 0.280. The Hall–Kier alpha value is -3.74. The van der Waals surface area contributed by atoms with Crippen molar-refractivity contribution in [2.24, 2.45) is 5.92 Å². The number of imide groups is 1. The molecule has 1 aliphatic carbocycles. The Morgan fingerprint density at radius 1 is 1.03 bits per heavy atom. The van der Waals surface area contributed by atoms with Crippen molar-refractivity contribution in [3.05, 3.63) is 70.5 Å². The van der Waals surface area contributed by atoms with Gasteiger partial charge in [-0.25, -0.2) is 0 Å². The zero-order chi connectivity index (χ0) is 22.4. The Morgan fingerprint density at radius 3 is 2.44 bits per heavy atom. The van der Waals surface area contributed by atoms with Crippen molar-refractivity contribution in [3.63, 3.8) is 0 Å². The number of hydrogen-bond acceptors (Lipinski definition) is 5. The summed E-state index contributed by atoms with van der Waals surface area (Å²) in [5.41, 5.74) is 2.89. The second-order valence-electron chi connectivity index (χ2n) is 8.33. The third-order valence-electron chi connectivity index (χ3n) is 6.39. The van der Waals surface area contributed by atoms with Crippen LogP contribution < -0.4 is 0 Å². The van der Waals surface area contributed by atoms with Crippen molar-refractivity contribution in [2.75, 3.05) is 6.54 Å². The summed E-state index contributed by atoms with van der Waals surface area (Å²) in [6.07, 6.45) is 2.72. The Bertz CT molecular complexity index is 1250. The summed E-state index contributed by atoms with van der Waals surface area (Å²) < 4.78 is 5.87. The van der Waals surface area contributed by atoms with Crippen LogP contribution in [0.4, 0.5) is 0 Å². The molecule has 0 fully saturated rings. The van der Waals surface area contributed by atoms with E-state index >= 15 is 0 Å². The smallest absolute Gasteiger partial charge is 0.307 e. The molecule has 5 rings (SSSR count). The molecule has 7 nitrogen and oxygen atoms in total. The van der Waals surface area contributed by atoms with Crippen LogP contribution in [-0.2, 0) is 17.6 Å². The minimum atomic E-state index is -1.13. The van der Waals surface area contributed by atoms with E-state index in [9.17, 15) is 24.3 Å². The van der Waals surface area contributed by atoms with Crippen molar-refractivity contribution < 1.29 is 28.7 Å². The zero-order valence-electron chi connectivity index (χ0n) is 17.3. The number of carbonyl (C=O) groups excluding carboxylic acids is 3. The second-order valence-corrected chi connectivity index (χ2v) is 8.33. The van der Waals surface area contributed by atoms with E-state index in [4.69, 9.17) is 4.42 Å². The highest BCUT2D eigenvalue weighted by molar-refractivity contribution is 6.21. The average Bonchev–Trinajstić information content (AvgIpc) is 3.44. The molecule has 162 valence electrons. The maximum Gasteiger partial charge on any atom is 0.307 e. The Kier molecular flexibility index (Phi) is 4.89. The lowest BCUT2D eigenvalue weighted by atomic mass is 9.94. The highest BCUT2D eigenvalue weighted by Crippen LogP contribution is 2.33. The number of carboxylic acid groups (broad SMARTS) is 1. The van der Waals surface area contributed by atoms with E-state index in [-0.39, 0.29) is 25.2 Å². The topological polar surface area (TPSA) is 105 Å². The molecule has 1 atom stereocenters. The van der Waals surface area contributed by atoms with Gasteiger partial charge in [-0.2, -0.15) is 0 Å². The number of fused-ring (bicyclic) bond motifs is 4. The van der Waals surface area contributed by atoms with Crippen molar-refractivity contribution in [1.82, 2.24) is 4.90 Å². The molecule has 2 amide bonds. The summed E-state index contributed by atoms with van der Waals surface area (Å²) in [4.78, 5) is 50.7. The van der Waals surface area contributed by atoms with Gasteiger partial charge in [0, 0.05) is 35.9 Å². The van der Waals surface area contributed by atoms with Crippen LogP contribution in [0.5, 0.6) is 0 Å². The molecule has 2 aliphatic rings. The van der Waals surface area contributed by atoms with Crippen LogP contribution in [0.15, 0.2) is 46.9 Å². The molecular weight excluding hydrogens is 410 g/mol. The summed E-state index contributed by atoms with van der Waals surface area (Å²) >= 11 is 0. The number of hydrogen-bond donors (Lipinski definition) is 1. The van der Waals surface area contributed by atoms with Crippen molar-refractivity contribution in [1.29, 1.82) is 0 Å². The molecule has 1 unspecified atom stereocenters. The third-order valence-corrected chi connectivity index (χ3v) is 6.39. The van der Waals surface area contributed by atoms with Gasteiger partial charge in [-0.05, 0) is 37.5 Å². The number of carboxylic acids is 1. The number of Topliss-reactive ketones (excluding diaryl/α,β-unsaturated/α-hetero) is 1. The first-order chi connectivity index (χ1) is 15.4. The van der Waals surface area contributed by atoms with E-state index in [2.05, 4.69) is 0 Å². The SMILES string of the molecule is O=C(CC(CCN1C(=O)c2ccccc2C1=O)C(=O)O)c1ccc2c3c(oc2c1)CCC3. The molecule has 3 aromatic rings. The first-order valence-corrected chi connectivity index (χ1v) is 10.7. The van der Waals surface area contributed by atoms with E-state index in [1.807, 2.05) is 6.07 Å². The van der Waals surface area contributed by atoms with Gasteiger partial charge in [0.05, 0.1) is 17.0 Å². The standard InChI is InChI=1S/C25H21NO6/c27-20(14-8-9-17-16-6-3-7-21(16)32-22(17)13-14)12-15(25(30)31)10-11-26-23(28)18-4-1-2-5-19(18)24(26)29/h1-2,4-5,8-9,13,15H,3,6-7,10-12H2,(H,30,31). The van der Waals surface area contributed by atoms with Crippen LogP contribution in [0.2, 0.25) is 0 Å². The fourth-order valence-electron chi connectivity index (χ4n) is 4.66. The monoisotopic (exact) mass is 431 g/mol. The van der Waals surface area contributed by atoms with E-state index in [0.29, 0.717) is 22.3 Å². The molecule has 1 N–H and O–H groups in total. The quantitative estimate of drug-likeness (QED) is 0.450. The van der Waals surface area contributed by atoms with Crippen LogP contribution in [0.25, 0.3) is 11.0 Å². The number of rotatable bonds is 7. The summed E-state index contributed by atoms with van der Waals surface area (Å²) in [5.74, 6) is -2.35. The number of benzene rings is 2. The summed E-state index contributed by atoms with van der Waals surface area (Å²) in [6, 6.07) is 11.8. The third kappa shape index (κ3) is 3.30. The van der Waals surface area contributed by atoms with Gasteiger partial charge in [0.1, 0.15) is 11.3 Å². The first kappa shape index (κ1) is 20.2. The van der Waals surface area contributed by atoms with Gasteiger partial charge >= 0.3 is 5.97 Å². The molecular formula is C25H21NO6. The van der Waals surface area contributed by atoms with Crippen LogP contribution in [0.1, 0.15) is 61.7 Å². The van der Waals surface area contributed by atoms with Gasteiger partial charge in [0.2, 0.25) is 0 Å². The van der Waals surface area contributed by atoms with E-state index in [1.54, 1.807) is 36.4 Å². The normalized spacial score (nSPS) is 15.8. The molecule has 0 saturated carbocycles. The number of aliphatic carboxylic acids is 1. The summed E-state index contributed by atoms with van der Waals surface area (Å²) in [5, 5.41) is 10.6. The van der Waals surface area contributed by atoms with Crippen molar-refractivity contribution in [3.8, 4) is 0 Å². The molecule has 2 heterocycles. The highest BCUT2D eigenvalue weighted by Gasteiger charge is 2.36. The van der Waals surface area contributed by atoms with E-state index in [1.165, 1.54) is 5.56 Å². The van der Waals surface area contributed by atoms with Gasteiger partial charge in [-0.1, -0.05) is 24.3 Å². The highest BCUT2D eigenvalue weighted by atomic mass is 16.4. The number of ketones is 1. The number of amides is 2. The lowest BCUT2D eigenvalue weighted by Gasteiger charge is -2.17. The minimum absolute atomic E-state index is 0.00380. The largest absolute Gasteiger partial charge is 0.481 e. The van der Waals surface area contributed by atoms with Gasteiger partial charge < -0.3 is 9.52 Å². The Morgan fingerprint density at radius 2 is 1.75 bits per heavy atom. The Balaban J connectivity index is 1.28. The van der Waals surface area contributed by atoms with Gasteiger partial charge in [-0.3, -0.25) is 24.1 Å². The lowest BCUT2D eigenvalue weighted by Crippen LogP contribution is -2.33. The molecule has 2 aromatic carbocycles. The molecule has 1 aromatic heterocycles. The van der Waals surface area contributed by atoms with E-state index in [0.717, 1.165) is 35.3 Å². The van der Waals surface area contributed by atoms with Crippen LogP contribution in [0.3, 0.4) is 0 Å². The summed E-state index contributed by atoms with van der Waals surface area (Å²) in [6.45, 7) is -0.0550. The number of furan rings is 1. The van der Waals surface area contributed by atoms with Crippen molar-refractivity contribution in [2.45, 2.75) is 32.1 Å². The zero-order valence-corrected chi connectivity index (χ0v) is 17.3. The predicted molar refractivity (Wildman–Crippen MR) is 115 cm³/mol. The maximum atomic E-state index is 12.8. The maximum absolute atomic E-state index is 12.8. The fourth-order valence-corrected chi connectivity index (χ4v) is 4.66. The molecule has 0 bridgehead atoms. The molecule has 0 saturated heterocycles. The van der Waals surface area contributed by atoms with Crippen LogP contribution in [-0.4, -0.2) is 40.1 Å². The molecule has 7 heteroatoms. The molecule has 0 radical (unpaired) electrons. The van der Waals surface area contributed by atoms with Crippen LogP contribution in [0, 0.1) is 5.92 Å². The minimum Gasteiger partial charge on any atom is -0.481 e. The molecule has 0 spiro atoms. The first-order valence-electron chi connectivity index (χ1n) is 10.7. The van der Waals surface area contributed by atoms with Gasteiger partial charge in [-0.15, -0.1) is 0 Å². The lowest BCUT2D eigenvalue weighted by molar-refractivity contribution is -0.142. The Labute approximate surface area is 183 Å². The average molecular weight is 431 g/mol. The predicted octanol–water partition coefficient (Wildman–Crippen LogP) is 3.88.